The van der Waals surface area contributed by atoms with E-state index in [1.807, 2.05) is 0 Å². The molecule has 0 saturated heterocycles. The van der Waals surface area contributed by atoms with Gasteiger partial charge in [0.1, 0.15) is 0 Å². The number of esters is 1. The molecule has 0 aromatic carbocycles. The van der Waals surface area contributed by atoms with E-state index in [1.165, 1.54) is 6.92 Å². The quantitative estimate of drug-likeness (QED) is 0.332. The lowest BCUT2D eigenvalue weighted by Crippen LogP contribution is -2.57. The maximum absolute atomic E-state index is 13.3. The molecule has 2 amide bonds. The minimum atomic E-state index is -3.90. The zero-order chi connectivity index (χ0) is 21.0. The number of rotatable bonds is 14. The third kappa shape index (κ3) is 8.29. The molecule has 0 spiro atoms. The van der Waals surface area contributed by atoms with Crippen LogP contribution >= 0.6 is 0 Å². The number of carbonyl (C=O) groups excluding carboxylic acids is 2. The molecule has 0 aromatic rings. The van der Waals surface area contributed by atoms with E-state index in [1.54, 1.807) is 0 Å². The lowest BCUT2D eigenvalue weighted by atomic mass is 9.70. The van der Waals surface area contributed by atoms with E-state index in [2.05, 4.69) is 34.0 Å². The number of ether oxygens (including phenoxy) is 2. The molecule has 2 N–H and O–H groups in total. The Balaban J connectivity index is 2.16. The largest absolute Gasteiger partial charge is 0.460 e. The van der Waals surface area contributed by atoms with Crippen molar-refractivity contribution in [2.75, 3.05) is 19.8 Å². The molecule has 0 radical (unpaired) electrons. The number of nitrogens with one attached hydrogen (secondary N) is 2. The number of alkyl halides is 2. The van der Waals surface area contributed by atoms with Crippen LogP contribution in [0.5, 0.6) is 0 Å². The SMILES string of the molecule is CCOC(=O)C(F)(F)OCCCCCNC(=O)NC1(CC(CC)CC)CCC1. The number of hydrogen-bond acceptors (Lipinski definition) is 4. The average Bonchev–Trinajstić information content (AvgIpc) is 2.63. The van der Waals surface area contributed by atoms with Gasteiger partial charge >= 0.3 is 18.1 Å². The first-order chi connectivity index (χ1) is 13.3. The summed E-state index contributed by atoms with van der Waals surface area (Å²) in [4.78, 5) is 23.2. The van der Waals surface area contributed by atoms with Crippen molar-refractivity contribution in [2.24, 2.45) is 5.92 Å². The van der Waals surface area contributed by atoms with Crippen LogP contribution in [0.4, 0.5) is 13.6 Å². The summed E-state index contributed by atoms with van der Waals surface area (Å²) in [7, 11) is 0. The fourth-order valence-electron chi connectivity index (χ4n) is 3.48. The normalized spacial score (nSPS) is 15.8. The minimum Gasteiger partial charge on any atom is -0.460 e. The zero-order valence-electron chi connectivity index (χ0n) is 17.5. The van der Waals surface area contributed by atoms with E-state index < -0.39 is 12.1 Å². The first-order valence-electron chi connectivity index (χ1n) is 10.5. The Hall–Kier alpha value is -1.44. The molecule has 0 heterocycles. The molecule has 8 heteroatoms. The van der Waals surface area contributed by atoms with Gasteiger partial charge in [0, 0.05) is 12.1 Å². The molecule has 164 valence electrons. The molecule has 28 heavy (non-hydrogen) atoms. The maximum atomic E-state index is 13.3. The summed E-state index contributed by atoms with van der Waals surface area (Å²) in [5.41, 5.74) is -0.0622. The van der Waals surface area contributed by atoms with Crippen LogP contribution in [-0.2, 0) is 14.3 Å². The summed E-state index contributed by atoms with van der Waals surface area (Å²) in [6, 6.07) is -0.157. The van der Waals surface area contributed by atoms with Crippen molar-refractivity contribution in [1.82, 2.24) is 10.6 Å². The van der Waals surface area contributed by atoms with Gasteiger partial charge in [0.15, 0.2) is 0 Å². The average molecular weight is 407 g/mol. The molecule has 0 atom stereocenters. The van der Waals surface area contributed by atoms with E-state index in [0.29, 0.717) is 31.7 Å². The van der Waals surface area contributed by atoms with Crippen molar-refractivity contribution in [2.45, 2.75) is 90.2 Å². The van der Waals surface area contributed by atoms with Crippen LogP contribution in [0.15, 0.2) is 0 Å². The maximum Gasteiger partial charge on any atom is 0.456 e. The van der Waals surface area contributed by atoms with Crippen LogP contribution in [-0.4, -0.2) is 43.4 Å². The molecular formula is C20H36F2N2O4. The number of urea groups is 1. The summed E-state index contributed by atoms with van der Waals surface area (Å²) in [5, 5.41) is 5.99. The van der Waals surface area contributed by atoms with E-state index >= 15 is 0 Å². The molecule has 1 fully saturated rings. The van der Waals surface area contributed by atoms with Crippen LogP contribution < -0.4 is 10.6 Å². The second-order valence-corrected chi connectivity index (χ2v) is 7.55. The summed E-state index contributed by atoms with van der Waals surface area (Å²) in [5.74, 6) is -1.03. The van der Waals surface area contributed by atoms with Crippen LogP contribution in [0.1, 0.15) is 78.6 Å². The number of halogens is 2. The third-order valence-electron chi connectivity index (χ3n) is 5.43. The summed E-state index contributed by atoms with van der Waals surface area (Å²) >= 11 is 0. The third-order valence-corrected chi connectivity index (χ3v) is 5.43. The van der Waals surface area contributed by atoms with Gasteiger partial charge in [0.25, 0.3) is 0 Å². The van der Waals surface area contributed by atoms with E-state index in [9.17, 15) is 18.4 Å². The zero-order valence-corrected chi connectivity index (χ0v) is 17.5. The van der Waals surface area contributed by atoms with Crippen LogP contribution in [0.3, 0.4) is 0 Å². The van der Waals surface area contributed by atoms with Gasteiger partial charge in [-0.25, -0.2) is 9.59 Å². The van der Waals surface area contributed by atoms with Crippen LogP contribution in [0, 0.1) is 5.92 Å². The Labute approximate surface area is 167 Å². The van der Waals surface area contributed by atoms with Crippen molar-refractivity contribution < 1.29 is 27.8 Å². The van der Waals surface area contributed by atoms with Crippen molar-refractivity contribution in [3.05, 3.63) is 0 Å². The van der Waals surface area contributed by atoms with Gasteiger partial charge in [-0.05, 0) is 57.8 Å². The first kappa shape index (κ1) is 24.6. The van der Waals surface area contributed by atoms with Gasteiger partial charge < -0.3 is 20.1 Å². The number of hydrogen-bond donors (Lipinski definition) is 2. The van der Waals surface area contributed by atoms with Gasteiger partial charge in [0.2, 0.25) is 0 Å². The van der Waals surface area contributed by atoms with Crippen LogP contribution in [0.25, 0.3) is 0 Å². The Bertz CT molecular complexity index is 481. The van der Waals surface area contributed by atoms with Crippen LogP contribution in [0.2, 0.25) is 0 Å². The molecule has 0 aliphatic heterocycles. The van der Waals surface area contributed by atoms with E-state index in [0.717, 1.165) is 38.5 Å². The predicted molar refractivity (Wildman–Crippen MR) is 103 cm³/mol. The Morgan fingerprint density at radius 2 is 1.79 bits per heavy atom. The molecular weight excluding hydrogens is 370 g/mol. The fourth-order valence-corrected chi connectivity index (χ4v) is 3.48. The fraction of sp³-hybridized carbons (Fsp3) is 0.900. The van der Waals surface area contributed by atoms with Gasteiger partial charge in [-0.3, -0.25) is 0 Å². The highest BCUT2D eigenvalue weighted by atomic mass is 19.3. The lowest BCUT2D eigenvalue weighted by molar-refractivity contribution is -0.250. The highest BCUT2D eigenvalue weighted by Crippen LogP contribution is 2.38. The van der Waals surface area contributed by atoms with Gasteiger partial charge in [-0.15, -0.1) is 0 Å². The summed E-state index contributed by atoms with van der Waals surface area (Å²) < 4.78 is 35.1. The highest BCUT2D eigenvalue weighted by molar-refractivity contribution is 5.75. The predicted octanol–water partition coefficient (Wildman–Crippen LogP) is 4.38. The van der Waals surface area contributed by atoms with E-state index in [4.69, 9.17) is 0 Å². The van der Waals surface area contributed by atoms with Gasteiger partial charge in [0.05, 0.1) is 13.2 Å². The molecule has 0 aromatic heterocycles. The monoisotopic (exact) mass is 406 g/mol. The first-order valence-corrected chi connectivity index (χ1v) is 10.5. The smallest absolute Gasteiger partial charge is 0.456 e. The van der Waals surface area contributed by atoms with Crippen molar-refractivity contribution >= 4 is 12.0 Å². The van der Waals surface area contributed by atoms with Crippen molar-refractivity contribution in [3.63, 3.8) is 0 Å². The lowest BCUT2D eigenvalue weighted by Gasteiger charge is -2.44. The minimum absolute atomic E-state index is 0.0622. The van der Waals surface area contributed by atoms with Crippen molar-refractivity contribution in [3.8, 4) is 0 Å². The topological polar surface area (TPSA) is 76.7 Å². The number of unbranched alkanes of at least 4 members (excludes halogenated alkanes) is 2. The van der Waals surface area contributed by atoms with Gasteiger partial charge in [-0.1, -0.05) is 26.7 Å². The Morgan fingerprint density at radius 3 is 2.32 bits per heavy atom. The molecule has 0 unspecified atom stereocenters. The van der Waals surface area contributed by atoms with Crippen molar-refractivity contribution in [1.29, 1.82) is 0 Å². The molecule has 0 bridgehead atoms. The molecule has 6 nitrogen and oxygen atoms in total. The van der Waals surface area contributed by atoms with E-state index in [-0.39, 0.29) is 24.8 Å². The number of amides is 2. The Kier molecular flexibility index (Phi) is 10.7. The second kappa shape index (κ2) is 12.2. The molecule has 1 saturated carbocycles. The second-order valence-electron chi connectivity index (χ2n) is 7.55. The van der Waals surface area contributed by atoms with Gasteiger partial charge in [-0.2, -0.15) is 8.78 Å². The molecule has 1 aliphatic rings. The standard InChI is InChI=1S/C20H36F2N2O4/c1-4-16(5-2)15-19(11-10-12-19)24-18(26)23-13-8-7-9-14-28-20(21,22)17(25)27-6-3/h16H,4-15H2,1-3H3,(H2,23,24,26). The summed E-state index contributed by atoms with van der Waals surface area (Å²) in [6.07, 6.45) is 4.22. The summed E-state index contributed by atoms with van der Waals surface area (Å²) in [6.45, 7) is 5.94. The molecule has 1 aliphatic carbocycles. The number of carbonyl (C=O) groups is 2. The highest BCUT2D eigenvalue weighted by Gasteiger charge is 2.42. The Morgan fingerprint density at radius 1 is 1.11 bits per heavy atom. The molecule has 1 rings (SSSR count).